The average Bonchev–Trinajstić information content (AvgIpc) is 0.750. The highest BCUT2D eigenvalue weighted by Crippen LogP contribution is 2.44. The van der Waals surface area contributed by atoms with Gasteiger partial charge in [0.15, 0.2) is 0 Å². The summed E-state index contributed by atoms with van der Waals surface area (Å²) in [5, 5.41) is 36.3. The summed E-state index contributed by atoms with van der Waals surface area (Å²) in [5.41, 5.74) is 3.46. The molecule has 3 heterocycles. The van der Waals surface area contributed by atoms with Crippen molar-refractivity contribution < 1.29 is 85.5 Å². The van der Waals surface area contributed by atoms with E-state index in [-0.39, 0.29) is 61.4 Å². The van der Waals surface area contributed by atoms with E-state index < -0.39 is 22.0 Å². The molecule has 2 aliphatic heterocycles. The van der Waals surface area contributed by atoms with E-state index in [2.05, 4.69) is 38.0 Å². The number of hydrogen-bond acceptors (Lipinski definition) is 22. The smallest absolute Gasteiger partial charge is 0.317 e. The van der Waals surface area contributed by atoms with Crippen molar-refractivity contribution in [3.05, 3.63) is 71.0 Å². The van der Waals surface area contributed by atoms with Gasteiger partial charge < -0.3 is 68.1 Å². The Hall–Kier alpha value is -5.52. The Morgan fingerprint density at radius 3 is 1.48 bits per heavy atom. The monoisotopic (exact) mass is 1350 g/mol. The second-order valence-electron chi connectivity index (χ2n) is 21.3. The third-order valence-corrected chi connectivity index (χ3v) is 15.8. The quantitative estimate of drug-likeness (QED) is 0.0411. The maximum Gasteiger partial charge on any atom is 0.317 e. The number of aryl methyl sites for hydroxylation is 1. The van der Waals surface area contributed by atoms with Gasteiger partial charge in [-0.05, 0) is 42.5 Å². The van der Waals surface area contributed by atoms with Crippen molar-refractivity contribution in [3.63, 3.8) is 0 Å². The molecular formula is C65H107ClN8O18S. The lowest BCUT2D eigenvalue weighted by atomic mass is 9.78. The first-order chi connectivity index (χ1) is 44.9. The highest BCUT2D eigenvalue weighted by atomic mass is 35.5. The van der Waals surface area contributed by atoms with E-state index in [1.54, 1.807) is 34.2 Å². The molecule has 1 aromatic heterocycles. The van der Waals surface area contributed by atoms with Crippen LogP contribution in [0, 0.1) is 18.3 Å². The number of carbonyl (C=O) groups is 4. The molecule has 28 heteroatoms. The molecule has 528 valence electrons. The summed E-state index contributed by atoms with van der Waals surface area (Å²) in [4.78, 5) is 58.8. The number of halogens is 1. The molecule has 0 radical (unpaired) electrons. The Labute approximate surface area is 557 Å². The number of aliphatic hydroxyl groups is 1. The van der Waals surface area contributed by atoms with E-state index in [0.717, 1.165) is 24.7 Å². The minimum absolute atomic E-state index is 0.00882. The number of ether oxygens (including phenoxy) is 9. The van der Waals surface area contributed by atoms with Crippen molar-refractivity contribution >= 4 is 51.4 Å². The van der Waals surface area contributed by atoms with E-state index in [0.29, 0.717) is 193 Å². The topological polar surface area (TPSA) is 311 Å². The van der Waals surface area contributed by atoms with Crippen LogP contribution in [0.3, 0.4) is 0 Å². The second-order valence-corrected chi connectivity index (χ2v) is 23.5. The number of nitrogens with one attached hydrogen (secondary N) is 1. The molecule has 2 aromatic carbocycles. The summed E-state index contributed by atoms with van der Waals surface area (Å²) < 4.78 is 81.4. The van der Waals surface area contributed by atoms with Gasteiger partial charge in [0.25, 0.3) is 10.0 Å². The minimum atomic E-state index is -4.09. The first kappa shape index (κ1) is 85.5. The zero-order valence-corrected chi connectivity index (χ0v) is 58.1. The number of rotatable bonds is 39. The van der Waals surface area contributed by atoms with Crippen molar-refractivity contribution in [3.8, 4) is 22.9 Å². The van der Waals surface area contributed by atoms with Crippen molar-refractivity contribution in [2.75, 3.05) is 215 Å². The first-order valence-electron chi connectivity index (χ1n) is 31.8. The van der Waals surface area contributed by atoms with Gasteiger partial charge >= 0.3 is 11.9 Å². The van der Waals surface area contributed by atoms with Gasteiger partial charge in [0.2, 0.25) is 5.91 Å². The van der Waals surface area contributed by atoms with Crippen LogP contribution in [0.5, 0.6) is 5.75 Å². The fraction of sp³-hybridized carbons (Fsp3) is 0.662. The van der Waals surface area contributed by atoms with Gasteiger partial charge in [-0.3, -0.25) is 43.3 Å². The van der Waals surface area contributed by atoms with Crippen LogP contribution in [0.15, 0.2) is 59.6 Å². The molecule has 4 N–H and O–H groups in total. The lowest BCUT2D eigenvalue weighted by molar-refractivity contribution is -0.140. The van der Waals surface area contributed by atoms with Crippen LogP contribution in [-0.2, 0) is 72.5 Å². The van der Waals surface area contributed by atoms with Crippen LogP contribution in [0.25, 0.3) is 11.1 Å². The molecule has 1 fully saturated rings. The van der Waals surface area contributed by atoms with Gasteiger partial charge in [0.05, 0.1) is 149 Å². The van der Waals surface area contributed by atoms with Gasteiger partial charge in [0.1, 0.15) is 23.5 Å². The lowest BCUT2D eigenvalue weighted by Gasteiger charge is -2.39. The number of aliphatic hydroxyl groups excluding tert-OH is 1. The van der Waals surface area contributed by atoms with E-state index in [1.165, 1.54) is 17.6 Å². The van der Waals surface area contributed by atoms with Gasteiger partial charge in [0, 0.05) is 109 Å². The number of amides is 1. The van der Waals surface area contributed by atoms with Crippen LogP contribution in [-0.4, -0.2) is 284 Å². The number of benzene rings is 2. The van der Waals surface area contributed by atoms with E-state index in [1.807, 2.05) is 67.0 Å². The molecule has 3 aromatic rings. The molecule has 93 heavy (non-hydrogen) atoms. The lowest BCUT2D eigenvalue weighted by Crippen LogP contribution is -2.49. The second kappa shape index (κ2) is 52.7. The molecule has 1 amide bonds. The number of aromatic nitrogens is 1. The average molecular weight is 1360 g/mol. The molecule has 0 atom stereocenters. The number of carboxylic acids is 2. The van der Waals surface area contributed by atoms with Crippen molar-refractivity contribution in [2.45, 2.75) is 78.5 Å². The zero-order chi connectivity index (χ0) is 69.1. The van der Waals surface area contributed by atoms with Crippen LogP contribution >= 0.6 is 11.6 Å². The summed E-state index contributed by atoms with van der Waals surface area (Å²) in [5.74, 6) is -2.04. The van der Waals surface area contributed by atoms with Crippen LogP contribution in [0.2, 0.25) is 5.02 Å². The maximum absolute atomic E-state index is 14.6. The predicted molar refractivity (Wildman–Crippen MR) is 357 cm³/mol. The summed E-state index contributed by atoms with van der Waals surface area (Å²) in [6.45, 7) is 25.4. The number of aldehydes is 1. The third-order valence-electron chi connectivity index (χ3n) is 13.7. The van der Waals surface area contributed by atoms with Crippen LogP contribution in [0.4, 0.5) is 5.69 Å². The number of para-hydroxylation sites is 1. The minimum Gasteiger partial charge on any atom is -0.490 e. The van der Waals surface area contributed by atoms with Gasteiger partial charge in [-0.1, -0.05) is 83.8 Å². The normalized spacial score (nSPS) is 14.7. The standard InChI is InChI=1S/C57H86ClN7O17S.C3H8.C2H3N.C2H6.CH4O/c1-46-8-9-47(42-60-46)48-40-53(83(72,73)65-12-10-57(2,3)49-6-4-5-7-51(49)65)52(41-50(48)58)82-39-38-81-37-36-80-35-34-79-33-32-78-31-30-77-29-28-76-27-26-75-25-24-74-23-11-59-54(67)43-62-15-13-61(21-22-66)14-16-63(44-55(68)69)19-20-64(18-17-62)45-56(70)71;1-3-2;1-2-3;2*1-2/h4-9,22,40-42H,10-21,23-39,43-45H2,1-3H3,(H,59,67)(H,68,69)(H,70,71);3H2,1-2H3;1H3;1-2H3;2H,1H3. The van der Waals surface area contributed by atoms with E-state index in [9.17, 15) is 37.8 Å². The molecule has 0 bridgehead atoms. The number of carboxylic acid groups (broad SMARTS) is 2. The van der Waals surface area contributed by atoms with Crippen molar-refractivity contribution in [2.24, 2.45) is 0 Å². The molecule has 5 rings (SSSR count). The molecule has 0 aliphatic carbocycles. The number of pyridine rings is 1. The van der Waals surface area contributed by atoms with Gasteiger partial charge in [-0.25, -0.2) is 8.42 Å². The number of aliphatic carboxylic acids is 2. The molecule has 2 aliphatic rings. The fourth-order valence-corrected chi connectivity index (χ4v) is 11.0. The Kier molecular flexibility index (Phi) is 48.5. The summed E-state index contributed by atoms with van der Waals surface area (Å²) in [6.07, 6.45) is 4.37. The van der Waals surface area contributed by atoms with Gasteiger partial charge in [-0.15, -0.1) is 0 Å². The zero-order valence-electron chi connectivity index (χ0n) is 56.5. The fourth-order valence-electron chi connectivity index (χ4n) is 9.06. The molecular weight excluding hydrogens is 1250 g/mol. The highest BCUT2D eigenvalue weighted by molar-refractivity contribution is 7.93. The van der Waals surface area contributed by atoms with Crippen LogP contribution < -0.4 is 14.4 Å². The Bertz CT molecular complexity index is 2640. The number of hydrogen-bond donors (Lipinski definition) is 4. The highest BCUT2D eigenvalue weighted by Gasteiger charge is 2.38. The molecule has 26 nitrogen and oxygen atoms in total. The number of nitrogens with zero attached hydrogens (tertiary/aromatic N) is 7. The molecule has 1 saturated heterocycles. The number of anilines is 1. The summed E-state index contributed by atoms with van der Waals surface area (Å²) in [7, 11) is -3.09. The Morgan fingerprint density at radius 1 is 0.656 bits per heavy atom. The molecule has 0 saturated carbocycles. The largest absolute Gasteiger partial charge is 0.490 e. The Balaban J connectivity index is 0.00000408. The summed E-state index contributed by atoms with van der Waals surface area (Å²) >= 11 is 6.77. The number of fused-ring (bicyclic) bond motifs is 1. The van der Waals surface area contributed by atoms with Crippen molar-refractivity contribution in [1.82, 2.24) is 29.9 Å². The first-order valence-corrected chi connectivity index (χ1v) is 33.6. The van der Waals surface area contributed by atoms with Crippen LogP contribution in [0.1, 0.15) is 72.6 Å². The van der Waals surface area contributed by atoms with Crippen molar-refractivity contribution in [1.29, 1.82) is 5.26 Å². The third kappa shape index (κ3) is 36.8. The predicted octanol–water partition coefficient (Wildman–Crippen LogP) is 5.39. The maximum atomic E-state index is 14.6. The molecule has 0 spiro atoms. The number of carbonyl (C=O) groups excluding carboxylic acids is 2. The number of nitriles is 1. The van der Waals surface area contributed by atoms with Gasteiger partial charge in [-0.2, -0.15) is 5.26 Å². The summed E-state index contributed by atoms with van der Waals surface area (Å²) in [6, 6.07) is 16.2. The molecule has 0 unspecified atom stereocenters. The SMILES string of the molecule is CC.CC#N.CCC.CO.Cc1ccc(-c2cc(S(=O)(=O)N3CCC(C)(C)c4ccccc43)c(OCCOCCOCCOCCOCCOCCOCCOCCOCCNC(=O)CN3CCN(CC=O)CCN(CC(=O)O)CCN(CC(=O)O)CC3)cc2Cl)cn1. The Morgan fingerprint density at radius 2 is 1.06 bits per heavy atom. The number of sulfonamides is 1. The van der Waals surface area contributed by atoms with E-state index in [4.69, 9.17) is 64.6 Å². The van der Waals surface area contributed by atoms with E-state index >= 15 is 0 Å².